The Hall–Kier alpha value is -2.78. The number of fused-ring (bicyclic) bond motifs is 1. The molecule has 3 aromatic rings. The minimum Gasteiger partial charge on any atom is -0.370 e. The zero-order chi connectivity index (χ0) is 19.3. The average Bonchev–Trinajstić information content (AvgIpc) is 3.18. The van der Waals surface area contributed by atoms with Gasteiger partial charge in [-0.05, 0) is 36.2 Å². The summed E-state index contributed by atoms with van der Waals surface area (Å²) in [6, 6.07) is 16.3. The summed E-state index contributed by atoms with van der Waals surface area (Å²) in [5.41, 5.74) is 10.4. The quantitative estimate of drug-likeness (QED) is 0.324. The van der Waals surface area contributed by atoms with Gasteiger partial charge >= 0.3 is 0 Å². The lowest BCUT2D eigenvalue weighted by Gasteiger charge is -2.22. The molecule has 0 saturated carbocycles. The molecule has 0 fully saturated rings. The highest BCUT2D eigenvalue weighted by molar-refractivity contribution is 7.94. The second-order valence-electron chi connectivity index (χ2n) is 6.41. The van der Waals surface area contributed by atoms with Gasteiger partial charge in [0.2, 0.25) is 0 Å². The van der Waals surface area contributed by atoms with Crippen LogP contribution in [-0.2, 0) is 10.7 Å². The number of rotatable bonds is 6. The summed E-state index contributed by atoms with van der Waals surface area (Å²) in [7, 11) is 0. The van der Waals surface area contributed by atoms with Crippen molar-refractivity contribution in [1.29, 1.82) is 0 Å². The van der Waals surface area contributed by atoms with E-state index in [2.05, 4.69) is 55.2 Å². The molecule has 0 amide bonds. The first-order chi connectivity index (χ1) is 13.7. The molecule has 1 atom stereocenters. The summed E-state index contributed by atoms with van der Waals surface area (Å²) in [6.45, 7) is 0.754. The number of aromatic nitrogens is 1. The second kappa shape index (κ2) is 8.49. The van der Waals surface area contributed by atoms with E-state index in [0.29, 0.717) is 0 Å². The maximum absolute atomic E-state index is 6.09. The van der Waals surface area contributed by atoms with Gasteiger partial charge in [-0.1, -0.05) is 24.3 Å². The molecule has 0 aliphatic carbocycles. The van der Waals surface area contributed by atoms with Crippen LogP contribution in [-0.4, -0.2) is 23.7 Å². The maximum atomic E-state index is 6.09. The van der Waals surface area contributed by atoms with Crippen LogP contribution in [0.3, 0.4) is 0 Å². The van der Waals surface area contributed by atoms with E-state index in [-0.39, 0.29) is 0 Å². The molecule has 144 valence electrons. The van der Waals surface area contributed by atoms with Crippen LogP contribution in [0.25, 0.3) is 16.6 Å². The first-order valence-corrected chi connectivity index (χ1v) is 9.71. The Morgan fingerprint density at radius 3 is 2.82 bits per heavy atom. The van der Waals surface area contributed by atoms with E-state index in [1.165, 1.54) is 5.56 Å². The van der Waals surface area contributed by atoms with E-state index in [4.69, 9.17) is 11.6 Å². The number of nitrogens with zero attached hydrogens (tertiary/aromatic N) is 1. The van der Waals surface area contributed by atoms with Crippen molar-refractivity contribution in [2.24, 2.45) is 16.6 Å². The molecule has 8 heteroatoms. The van der Waals surface area contributed by atoms with Crippen LogP contribution < -0.4 is 22.3 Å². The van der Waals surface area contributed by atoms with Crippen LogP contribution in [0.5, 0.6) is 0 Å². The standard InChI is InChI=1S/C20H22N6OS/c21-20-25-18(15-2-1-3-17-16(15)9-11-23-17)12-19(26-20)24-10-8-13-4-6-14(7-5-13)28-27-22/h1-7,9,11-12,20,23,25H,8,10,21-22H2,(H,24,26). The first-order valence-electron chi connectivity index (χ1n) is 8.97. The van der Waals surface area contributed by atoms with E-state index in [0.717, 1.165) is 57.9 Å². The summed E-state index contributed by atoms with van der Waals surface area (Å²) in [4.78, 5) is 8.66. The number of aliphatic imine (C=N–C) groups is 1. The van der Waals surface area contributed by atoms with Crippen LogP contribution in [0.15, 0.2) is 70.7 Å². The molecule has 7 N–H and O–H groups in total. The third kappa shape index (κ3) is 4.20. The van der Waals surface area contributed by atoms with Gasteiger partial charge in [-0.2, -0.15) is 0 Å². The highest BCUT2D eigenvalue weighted by Gasteiger charge is 2.15. The van der Waals surface area contributed by atoms with Gasteiger partial charge < -0.3 is 15.6 Å². The van der Waals surface area contributed by atoms with E-state index >= 15 is 0 Å². The normalized spacial score (nSPS) is 16.4. The number of hydrogen-bond acceptors (Lipinski definition) is 7. The van der Waals surface area contributed by atoms with Crippen molar-refractivity contribution in [3.8, 4) is 0 Å². The molecular weight excluding hydrogens is 372 g/mol. The van der Waals surface area contributed by atoms with Gasteiger partial charge in [0.05, 0.1) is 12.0 Å². The van der Waals surface area contributed by atoms with Crippen LogP contribution >= 0.6 is 12.0 Å². The van der Waals surface area contributed by atoms with E-state index < -0.39 is 6.29 Å². The Kier molecular flexibility index (Phi) is 5.63. The Morgan fingerprint density at radius 2 is 2.00 bits per heavy atom. The second-order valence-corrected chi connectivity index (χ2v) is 7.24. The smallest absolute Gasteiger partial charge is 0.173 e. The molecule has 28 heavy (non-hydrogen) atoms. The number of aromatic amines is 1. The third-order valence-corrected chi connectivity index (χ3v) is 5.10. The lowest BCUT2D eigenvalue weighted by atomic mass is 10.1. The number of benzene rings is 2. The average molecular weight is 395 g/mol. The van der Waals surface area contributed by atoms with E-state index in [9.17, 15) is 0 Å². The van der Waals surface area contributed by atoms with Crippen molar-refractivity contribution < 1.29 is 4.28 Å². The van der Waals surface area contributed by atoms with Gasteiger partial charge in [0.15, 0.2) is 6.29 Å². The van der Waals surface area contributed by atoms with Gasteiger partial charge in [-0.15, -0.1) is 0 Å². The fraction of sp³-hybridized carbons (Fsp3) is 0.150. The topological polar surface area (TPSA) is 113 Å². The van der Waals surface area contributed by atoms with Crippen molar-refractivity contribution >= 4 is 34.5 Å². The number of nitrogens with one attached hydrogen (secondary N) is 3. The summed E-state index contributed by atoms with van der Waals surface area (Å²) < 4.78 is 4.57. The van der Waals surface area contributed by atoms with Gasteiger partial charge in [0, 0.05) is 45.9 Å². The molecule has 2 heterocycles. The minimum absolute atomic E-state index is 0.482. The molecule has 0 radical (unpaired) electrons. The molecule has 0 saturated heterocycles. The molecule has 1 unspecified atom stereocenters. The van der Waals surface area contributed by atoms with Crippen LogP contribution in [0.1, 0.15) is 11.1 Å². The predicted octanol–water partition coefficient (Wildman–Crippen LogP) is 2.48. The molecule has 4 rings (SSSR count). The summed E-state index contributed by atoms with van der Waals surface area (Å²) in [5.74, 6) is 5.84. The number of H-pyrrole nitrogens is 1. The maximum Gasteiger partial charge on any atom is 0.173 e. The summed E-state index contributed by atoms with van der Waals surface area (Å²) in [5, 5.41) is 7.77. The van der Waals surface area contributed by atoms with Crippen LogP contribution in [0, 0.1) is 0 Å². The number of amidine groups is 1. The molecular formula is C20H22N6OS. The Labute approximate surface area is 167 Å². The molecule has 0 bridgehead atoms. The molecule has 0 spiro atoms. The fourth-order valence-electron chi connectivity index (χ4n) is 3.23. The minimum atomic E-state index is -0.482. The fourth-order valence-corrected chi connectivity index (χ4v) is 3.59. The predicted molar refractivity (Wildman–Crippen MR) is 114 cm³/mol. The molecule has 7 nitrogen and oxygen atoms in total. The van der Waals surface area contributed by atoms with Gasteiger partial charge in [0.25, 0.3) is 0 Å². The Bertz CT molecular complexity index is 1010. The van der Waals surface area contributed by atoms with Crippen molar-refractivity contribution in [2.75, 3.05) is 6.54 Å². The number of nitrogens with two attached hydrogens (primary N) is 2. The monoisotopic (exact) mass is 394 g/mol. The SMILES string of the molecule is NOSc1ccc(CCNC2=NC(N)NC(c3cccc4[nH]ccc34)=C2)cc1. The largest absolute Gasteiger partial charge is 0.370 e. The number of hydrogen-bond donors (Lipinski definition) is 5. The summed E-state index contributed by atoms with van der Waals surface area (Å²) in [6.07, 6.45) is 4.33. The third-order valence-electron chi connectivity index (χ3n) is 4.54. The highest BCUT2D eigenvalue weighted by Crippen LogP contribution is 2.24. The van der Waals surface area contributed by atoms with Crippen LogP contribution in [0.2, 0.25) is 0 Å². The molecule has 1 aliphatic rings. The van der Waals surface area contributed by atoms with Gasteiger partial charge in [-0.3, -0.25) is 5.73 Å². The van der Waals surface area contributed by atoms with E-state index in [1.807, 2.05) is 30.5 Å². The lowest BCUT2D eigenvalue weighted by molar-refractivity contribution is 0.398. The molecule has 1 aliphatic heterocycles. The Morgan fingerprint density at radius 1 is 1.14 bits per heavy atom. The van der Waals surface area contributed by atoms with Gasteiger partial charge in [-0.25, -0.2) is 15.2 Å². The van der Waals surface area contributed by atoms with Crippen molar-refractivity contribution in [3.05, 3.63) is 71.9 Å². The van der Waals surface area contributed by atoms with Crippen molar-refractivity contribution in [1.82, 2.24) is 15.6 Å². The Balaban J connectivity index is 1.43. The summed E-state index contributed by atoms with van der Waals surface area (Å²) >= 11 is 1.14. The first kappa shape index (κ1) is 18.6. The molecule has 2 aromatic carbocycles. The molecule has 1 aromatic heterocycles. The highest BCUT2D eigenvalue weighted by atomic mass is 32.2. The van der Waals surface area contributed by atoms with Crippen molar-refractivity contribution in [3.63, 3.8) is 0 Å². The van der Waals surface area contributed by atoms with E-state index in [1.54, 1.807) is 0 Å². The zero-order valence-corrected chi connectivity index (χ0v) is 16.0. The lowest BCUT2D eigenvalue weighted by Crippen LogP contribution is -2.41. The van der Waals surface area contributed by atoms with Crippen molar-refractivity contribution in [2.45, 2.75) is 17.6 Å². The van der Waals surface area contributed by atoms with Gasteiger partial charge in [0.1, 0.15) is 5.84 Å². The zero-order valence-electron chi connectivity index (χ0n) is 15.2. The van der Waals surface area contributed by atoms with Crippen LogP contribution in [0.4, 0.5) is 0 Å².